The van der Waals surface area contributed by atoms with Crippen LogP contribution in [-0.4, -0.2) is 22.2 Å². The Morgan fingerprint density at radius 1 is 1.50 bits per heavy atom. The molecule has 0 N–H and O–H groups in total. The van der Waals surface area contributed by atoms with E-state index in [0.717, 1.165) is 18.2 Å². The largest absolute Gasteiger partial charge is 0.289 e. The molecular formula is C13H22O3SSi. The normalized spacial score (nSPS) is 18.3. The van der Waals surface area contributed by atoms with E-state index in [4.69, 9.17) is 4.18 Å². The van der Waals surface area contributed by atoms with Crippen molar-refractivity contribution in [2.45, 2.75) is 44.6 Å². The summed E-state index contributed by atoms with van der Waals surface area (Å²) in [5.74, 6) is 0. The maximum Gasteiger partial charge on any atom is 0.289 e. The molecule has 3 nitrogen and oxygen atoms in total. The van der Waals surface area contributed by atoms with Crippen molar-refractivity contribution in [3.63, 3.8) is 0 Å². The second-order valence-electron chi connectivity index (χ2n) is 5.61. The first-order valence-corrected chi connectivity index (χ1v) is 11.2. The zero-order valence-electron chi connectivity index (χ0n) is 11.3. The predicted molar refractivity (Wildman–Crippen MR) is 78.4 cm³/mol. The first-order valence-electron chi connectivity index (χ1n) is 6.15. The van der Waals surface area contributed by atoms with Gasteiger partial charge in [-0.3, -0.25) is 4.18 Å². The van der Waals surface area contributed by atoms with Crippen LogP contribution >= 0.6 is 0 Å². The lowest BCUT2D eigenvalue weighted by Crippen LogP contribution is -2.41. The standard InChI is InChI=1S/C13H22O3SSi/c1-5-17(14,15)16-13(18(2,3)4)11-12-9-7-6-8-10-12/h5-7,9,13H,1,8,10-11H2,2-4H3/t13-/m0/s1. The van der Waals surface area contributed by atoms with Gasteiger partial charge in [0.25, 0.3) is 10.1 Å². The Morgan fingerprint density at radius 2 is 2.17 bits per heavy atom. The van der Waals surface area contributed by atoms with Crippen molar-refractivity contribution in [2.24, 2.45) is 0 Å². The Kier molecular flexibility index (Phi) is 5.13. The molecule has 1 rings (SSSR count). The monoisotopic (exact) mass is 286 g/mol. The molecule has 0 aromatic rings. The van der Waals surface area contributed by atoms with Gasteiger partial charge in [-0.2, -0.15) is 8.42 Å². The Balaban J connectivity index is 2.83. The molecule has 0 aromatic carbocycles. The minimum absolute atomic E-state index is 0.224. The fraction of sp³-hybridized carbons (Fsp3) is 0.538. The van der Waals surface area contributed by atoms with E-state index in [9.17, 15) is 8.42 Å². The van der Waals surface area contributed by atoms with E-state index in [0.29, 0.717) is 6.42 Å². The second-order valence-corrected chi connectivity index (χ2v) is 12.5. The summed E-state index contributed by atoms with van der Waals surface area (Å²) in [6.45, 7) is 9.65. The smallest absolute Gasteiger partial charge is 0.267 e. The van der Waals surface area contributed by atoms with Crippen molar-refractivity contribution in [2.75, 3.05) is 0 Å². The molecule has 1 atom stereocenters. The van der Waals surface area contributed by atoms with Crippen LogP contribution in [-0.2, 0) is 14.3 Å². The maximum absolute atomic E-state index is 11.5. The van der Waals surface area contributed by atoms with E-state index in [1.54, 1.807) is 0 Å². The van der Waals surface area contributed by atoms with Crippen LogP contribution in [0.2, 0.25) is 19.6 Å². The molecule has 0 bridgehead atoms. The van der Waals surface area contributed by atoms with Gasteiger partial charge in [-0.1, -0.05) is 50.0 Å². The van der Waals surface area contributed by atoms with Crippen molar-refractivity contribution >= 4 is 18.2 Å². The highest BCUT2D eigenvalue weighted by Crippen LogP contribution is 2.25. The Bertz CT molecular complexity index is 455. The summed E-state index contributed by atoms with van der Waals surface area (Å²) in [6.07, 6.45) is 8.94. The summed E-state index contributed by atoms with van der Waals surface area (Å²) in [7, 11) is -5.31. The van der Waals surface area contributed by atoms with Crippen molar-refractivity contribution in [1.29, 1.82) is 0 Å². The highest BCUT2D eigenvalue weighted by Gasteiger charge is 2.31. The third-order valence-electron chi connectivity index (χ3n) is 2.97. The van der Waals surface area contributed by atoms with Gasteiger partial charge in [-0.15, -0.1) is 0 Å². The van der Waals surface area contributed by atoms with Crippen LogP contribution in [0.5, 0.6) is 0 Å². The minimum atomic E-state index is -3.60. The fourth-order valence-electron chi connectivity index (χ4n) is 1.75. The lowest BCUT2D eigenvalue weighted by molar-refractivity contribution is 0.277. The molecule has 0 heterocycles. The SMILES string of the molecule is C=CS(=O)(=O)O[C@H](CC1=CC=CCC1)[Si](C)(C)C. The molecule has 0 amide bonds. The van der Waals surface area contributed by atoms with E-state index in [-0.39, 0.29) is 5.73 Å². The van der Waals surface area contributed by atoms with Crippen LogP contribution < -0.4 is 0 Å². The van der Waals surface area contributed by atoms with E-state index < -0.39 is 18.2 Å². The lowest BCUT2D eigenvalue weighted by atomic mass is 10.0. The van der Waals surface area contributed by atoms with E-state index in [1.807, 2.05) is 6.08 Å². The maximum atomic E-state index is 11.5. The second kappa shape index (κ2) is 5.99. The lowest BCUT2D eigenvalue weighted by Gasteiger charge is -2.29. The minimum Gasteiger partial charge on any atom is -0.267 e. The summed E-state index contributed by atoms with van der Waals surface area (Å²) in [4.78, 5) is 0. The summed E-state index contributed by atoms with van der Waals surface area (Å²) in [5, 5.41) is 0.884. The van der Waals surface area contributed by atoms with Crippen molar-refractivity contribution < 1.29 is 12.6 Å². The third-order valence-corrected chi connectivity index (χ3v) is 6.30. The van der Waals surface area contributed by atoms with E-state index in [1.165, 1.54) is 5.57 Å². The van der Waals surface area contributed by atoms with Gasteiger partial charge in [0.2, 0.25) is 0 Å². The quantitative estimate of drug-likeness (QED) is 0.555. The van der Waals surface area contributed by atoms with E-state index >= 15 is 0 Å². The average Bonchev–Trinajstić information content (AvgIpc) is 2.28. The van der Waals surface area contributed by atoms with Gasteiger partial charge in [-0.25, -0.2) is 0 Å². The Labute approximate surface area is 111 Å². The number of allylic oxidation sites excluding steroid dienone is 3. The van der Waals surface area contributed by atoms with Gasteiger partial charge in [0.05, 0.1) is 19.2 Å². The molecular weight excluding hydrogens is 264 g/mol. The first kappa shape index (κ1) is 15.4. The molecule has 5 heteroatoms. The molecule has 18 heavy (non-hydrogen) atoms. The zero-order valence-corrected chi connectivity index (χ0v) is 13.2. The average molecular weight is 286 g/mol. The first-order chi connectivity index (χ1) is 8.24. The molecule has 0 unspecified atom stereocenters. The highest BCUT2D eigenvalue weighted by molar-refractivity contribution is 7.89. The number of hydrogen-bond donors (Lipinski definition) is 0. The van der Waals surface area contributed by atoms with Gasteiger partial charge in [0.15, 0.2) is 0 Å². The van der Waals surface area contributed by atoms with Crippen LogP contribution in [0, 0.1) is 0 Å². The van der Waals surface area contributed by atoms with Gasteiger partial charge in [0.1, 0.15) is 0 Å². The number of hydrogen-bond acceptors (Lipinski definition) is 3. The molecule has 0 aliphatic heterocycles. The van der Waals surface area contributed by atoms with Gasteiger partial charge in [0, 0.05) is 0 Å². The topological polar surface area (TPSA) is 43.4 Å². The summed E-state index contributed by atoms with van der Waals surface area (Å²) >= 11 is 0. The van der Waals surface area contributed by atoms with Gasteiger partial charge >= 0.3 is 0 Å². The van der Waals surface area contributed by atoms with Crippen LogP contribution in [0.25, 0.3) is 0 Å². The zero-order chi connectivity index (χ0) is 13.8. The molecule has 0 spiro atoms. The fourth-order valence-corrected chi connectivity index (χ4v) is 4.65. The summed E-state index contributed by atoms with van der Waals surface area (Å²) in [5.41, 5.74) is 1.04. The molecule has 1 aliphatic carbocycles. The molecule has 1 aliphatic rings. The van der Waals surface area contributed by atoms with Gasteiger partial charge < -0.3 is 0 Å². The van der Waals surface area contributed by atoms with Crippen LogP contribution in [0.3, 0.4) is 0 Å². The molecule has 0 radical (unpaired) electrons. The Hall–Kier alpha value is -0.653. The number of rotatable bonds is 6. The Morgan fingerprint density at radius 3 is 2.61 bits per heavy atom. The molecule has 0 aromatic heterocycles. The van der Waals surface area contributed by atoms with Crippen molar-refractivity contribution in [1.82, 2.24) is 0 Å². The van der Waals surface area contributed by atoms with E-state index in [2.05, 4.69) is 38.4 Å². The van der Waals surface area contributed by atoms with Gasteiger partial charge in [-0.05, 0) is 19.3 Å². The predicted octanol–water partition coefficient (Wildman–Crippen LogP) is 3.39. The van der Waals surface area contributed by atoms with Crippen LogP contribution in [0.4, 0.5) is 0 Å². The van der Waals surface area contributed by atoms with Crippen molar-refractivity contribution in [3.05, 3.63) is 35.8 Å². The highest BCUT2D eigenvalue weighted by atomic mass is 32.2. The molecule has 0 saturated carbocycles. The molecule has 102 valence electrons. The summed E-state index contributed by atoms with van der Waals surface area (Å²) < 4.78 is 28.4. The molecule has 0 saturated heterocycles. The van der Waals surface area contributed by atoms with Crippen molar-refractivity contribution in [3.8, 4) is 0 Å². The summed E-state index contributed by atoms with van der Waals surface area (Å²) in [6, 6.07) is 0. The van der Waals surface area contributed by atoms with Crippen LogP contribution in [0.1, 0.15) is 19.3 Å². The third kappa shape index (κ3) is 4.92. The van der Waals surface area contributed by atoms with Crippen LogP contribution in [0.15, 0.2) is 35.8 Å². The molecule has 0 fully saturated rings.